The molecule has 1 heterocycles. The molecule has 1 aliphatic rings. The van der Waals surface area contributed by atoms with Crippen molar-refractivity contribution >= 4 is 0 Å². The number of halogens is 2. The van der Waals surface area contributed by atoms with Crippen LogP contribution in [0.2, 0.25) is 0 Å². The fraction of sp³-hybridized carbons (Fsp3) is 0.538. The van der Waals surface area contributed by atoms with Crippen LogP contribution in [0.25, 0.3) is 0 Å². The minimum atomic E-state index is -0.825. The number of hydrogen-bond acceptors (Lipinski definition) is 2. The third-order valence-corrected chi connectivity index (χ3v) is 3.23. The summed E-state index contributed by atoms with van der Waals surface area (Å²) < 4.78 is 26.4. The lowest BCUT2D eigenvalue weighted by molar-refractivity contribution is 0.122. The van der Waals surface area contributed by atoms with E-state index in [0.717, 1.165) is 18.5 Å². The van der Waals surface area contributed by atoms with E-state index in [1.807, 2.05) is 11.9 Å². The maximum Gasteiger partial charge on any atom is 0.128 e. The van der Waals surface area contributed by atoms with Crippen molar-refractivity contribution < 1.29 is 8.78 Å². The molecule has 1 unspecified atom stereocenters. The van der Waals surface area contributed by atoms with Crippen LogP contribution in [0, 0.1) is 5.82 Å². The topological polar surface area (TPSA) is 15.3 Å². The molecule has 0 spiro atoms. The highest BCUT2D eigenvalue weighted by atomic mass is 19.1. The maximum absolute atomic E-state index is 13.7. The minimum Gasteiger partial charge on any atom is -0.307 e. The molecule has 17 heavy (non-hydrogen) atoms. The molecule has 0 saturated carbocycles. The van der Waals surface area contributed by atoms with Crippen LogP contribution in [-0.4, -0.2) is 37.3 Å². The van der Waals surface area contributed by atoms with Crippen LogP contribution in [0.5, 0.6) is 0 Å². The second-order valence-electron chi connectivity index (χ2n) is 4.68. The van der Waals surface area contributed by atoms with Crippen molar-refractivity contribution in [3.05, 3.63) is 35.6 Å². The van der Waals surface area contributed by atoms with Crippen LogP contribution in [-0.2, 0) is 6.54 Å². The van der Waals surface area contributed by atoms with E-state index in [9.17, 15) is 8.78 Å². The molecular weight excluding hydrogens is 222 g/mol. The molecule has 1 aliphatic heterocycles. The summed E-state index contributed by atoms with van der Waals surface area (Å²) in [5.41, 5.74) is 0.984. The van der Waals surface area contributed by atoms with Crippen molar-refractivity contribution in [3.8, 4) is 0 Å². The molecular formula is C13H18F2N2. The highest BCUT2D eigenvalue weighted by molar-refractivity contribution is 5.15. The highest BCUT2D eigenvalue weighted by Crippen LogP contribution is 2.13. The Morgan fingerprint density at radius 3 is 2.71 bits per heavy atom. The standard InChI is InChI=1S/C13H18F2N2/c1-17-7-6-13(12(15)9-17)16-8-10-2-4-11(14)5-3-10/h2-5,12-13,16H,6-9H2,1H3/t12?,13-/m1/s1. The van der Waals surface area contributed by atoms with Gasteiger partial charge in [0.15, 0.2) is 0 Å². The molecule has 0 bridgehead atoms. The van der Waals surface area contributed by atoms with Crippen LogP contribution in [0.1, 0.15) is 12.0 Å². The van der Waals surface area contributed by atoms with Gasteiger partial charge in [-0.05, 0) is 37.7 Å². The summed E-state index contributed by atoms with van der Waals surface area (Å²) in [4.78, 5) is 2.00. The van der Waals surface area contributed by atoms with Crippen molar-refractivity contribution in [2.24, 2.45) is 0 Å². The normalized spacial score (nSPS) is 26.1. The fourth-order valence-corrected chi connectivity index (χ4v) is 2.14. The van der Waals surface area contributed by atoms with Gasteiger partial charge in [0.05, 0.1) is 0 Å². The van der Waals surface area contributed by atoms with Gasteiger partial charge in [-0.2, -0.15) is 0 Å². The number of piperidine rings is 1. The van der Waals surface area contributed by atoms with E-state index in [2.05, 4.69) is 5.32 Å². The molecule has 2 rings (SSSR count). The zero-order chi connectivity index (χ0) is 12.3. The summed E-state index contributed by atoms with van der Waals surface area (Å²) in [5, 5.41) is 3.20. The van der Waals surface area contributed by atoms with Crippen molar-refractivity contribution in [2.45, 2.75) is 25.2 Å². The predicted molar refractivity (Wildman–Crippen MR) is 64.0 cm³/mol. The summed E-state index contributed by atoms with van der Waals surface area (Å²) in [5.74, 6) is -0.239. The Hall–Kier alpha value is -1.00. The number of benzene rings is 1. The third kappa shape index (κ3) is 3.48. The van der Waals surface area contributed by atoms with Gasteiger partial charge in [-0.1, -0.05) is 12.1 Å². The zero-order valence-electron chi connectivity index (χ0n) is 10.00. The summed E-state index contributed by atoms with van der Waals surface area (Å²) in [6.07, 6.45) is -0.00650. The van der Waals surface area contributed by atoms with E-state index in [0.29, 0.717) is 13.1 Å². The van der Waals surface area contributed by atoms with Crippen LogP contribution in [0.15, 0.2) is 24.3 Å². The van der Waals surface area contributed by atoms with Crippen molar-refractivity contribution in [1.29, 1.82) is 0 Å². The smallest absolute Gasteiger partial charge is 0.128 e. The quantitative estimate of drug-likeness (QED) is 0.869. The highest BCUT2D eigenvalue weighted by Gasteiger charge is 2.26. The lowest BCUT2D eigenvalue weighted by atomic mass is 10.0. The Bertz CT molecular complexity index is 353. The average Bonchev–Trinajstić information content (AvgIpc) is 2.30. The van der Waals surface area contributed by atoms with Crippen LogP contribution >= 0.6 is 0 Å². The van der Waals surface area contributed by atoms with Gasteiger partial charge in [0.1, 0.15) is 12.0 Å². The van der Waals surface area contributed by atoms with E-state index in [-0.39, 0.29) is 11.9 Å². The van der Waals surface area contributed by atoms with Gasteiger partial charge in [-0.15, -0.1) is 0 Å². The van der Waals surface area contributed by atoms with Crippen LogP contribution < -0.4 is 5.32 Å². The van der Waals surface area contributed by atoms with E-state index in [1.165, 1.54) is 12.1 Å². The van der Waals surface area contributed by atoms with Crippen molar-refractivity contribution in [3.63, 3.8) is 0 Å². The van der Waals surface area contributed by atoms with Gasteiger partial charge in [0.25, 0.3) is 0 Å². The van der Waals surface area contributed by atoms with Gasteiger partial charge in [0.2, 0.25) is 0 Å². The minimum absolute atomic E-state index is 0.0868. The molecule has 1 N–H and O–H groups in total. The van der Waals surface area contributed by atoms with E-state index in [4.69, 9.17) is 0 Å². The molecule has 1 fully saturated rings. The molecule has 1 aromatic rings. The molecule has 2 atom stereocenters. The first-order valence-electron chi connectivity index (χ1n) is 5.95. The maximum atomic E-state index is 13.7. The molecule has 0 aromatic heterocycles. The third-order valence-electron chi connectivity index (χ3n) is 3.23. The van der Waals surface area contributed by atoms with Gasteiger partial charge in [-0.25, -0.2) is 8.78 Å². The number of rotatable bonds is 3. The summed E-state index contributed by atoms with van der Waals surface area (Å²) in [6, 6.07) is 6.22. The van der Waals surface area contributed by atoms with Crippen molar-refractivity contribution in [1.82, 2.24) is 10.2 Å². The SMILES string of the molecule is CN1CC[C@@H](NCc2ccc(F)cc2)C(F)C1. The van der Waals surface area contributed by atoms with Gasteiger partial charge < -0.3 is 10.2 Å². The molecule has 1 saturated heterocycles. The van der Waals surface area contributed by atoms with Crippen molar-refractivity contribution in [2.75, 3.05) is 20.1 Å². The fourth-order valence-electron chi connectivity index (χ4n) is 2.14. The average molecular weight is 240 g/mol. The number of nitrogens with zero attached hydrogens (tertiary/aromatic N) is 1. The number of hydrogen-bond donors (Lipinski definition) is 1. The molecule has 0 radical (unpaired) electrons. The Morgan fingerprint density at radius 1 is 1.35 bits per heavy atom. The molecule has 0 amide bonds. The monoisotopic (exact) mass is 240 g/mol. The van der Waals surface area contributed by atoms with Crippen LogP contribution in [0.4, 0.5) is 8.78 Å². The first-order chi connectivity index (χ1) is 8.15. The lowest BCUT2D eigenvalue weighted by Gasteiger charge is -2.32. The summed E-state index contributed by atoms with van der Waals surface area (Å²) >= 11 is 0. The first kappa shape index (κ1) is 12.5. The largest absolute Gasteiger partial charge is 0.307 e. The van der Waals surface area contributed by atoms with Gasteiger partial charge in [0, 0.05) is 19.1 Å². The van der Waals surface area contributed by atoms with Gasteiger partial charge in [-0.3, -0.25) is 0 Å². The Morgan fingerprint density at radius 2 is 2.06 bits per heavy atom. The molecule has 94 valence electrons. The Kier molecular flexibility index (Phi) is 4.07. The molecule has 2 nitrogen and oxygen atoms in total. The summed E-state index contributed by atoms with van der Waals surface area (Å²) in [6.45, 7) is 2.00. The molecule has 1 aromatic carbocycles. The zero-order valence-corrected chi connectivity index (χ0v) is 10.00. The summed E-state index contributed by atoms with van der Waals surface area (Å²) in [7, 11) is 1.93. The second-order valence-corrected chi connectivity index (χ2v) is 4.68. The Balaban J connectivity index is 1.83. The number of alkyl halides is 1. The van der Waals surface area contributed by atoms with Crippen LogP contribution in [0.3, 0.4) is 0 Å². The lowest BCUT2D eigenvalue weighted by Crippen LogP contribution is -2.49. The molecule has 0 aliphatic carbocycles. The Labute approximate surface area is 101 Å². The second kappa shape index (κ2) is 5.56. The van der Waals surface area contributed by atoms with E-state index >= 15 is 0 Å². The molecule has 4 heteroatoms. The van der Waals surface area contributed by atoms with Gasteiger partial charge >= 0.3 is 0 Å². The van der Waals surface area contributed by atoms with E-state index < -0.39 is 6.17 Å². The number of nitrogens with one attached hydrogen (secondary N) is 1. The number of likely N-dealkylation sites (tertiary alicyclic amines) is 1. The van der Waals surface area contributed by atoms with E-state index in [1.54, 1.807) is 12.1 Å². The first-order valence-corrected chi connectivity index (χ1v) is 5.95. The predicted octanol–water partition coefficient (Wildman–Crippen LogP) is 1.96.